The molecule has 5 aromatic carbocycles. The molecular weight excluding hydrogens is 472 g/mol. The van der Waals surface area contributed by atoms with E-state index in [0.717, 1.165) is 0 Å². The van der Waals surface area contributed by atoms with Gasteiger partial charge in [0, 0.05) is 27.5 Å². The summed E-state index contributed by atoms with van der Waals surface area (Å²) in [6.45, 7) is 2.25. The summed E-state index contributed by atoms with van der Waals surface area (Å²) >= 11 is 0. The van der Waals surface area contributed by atoms with Crippen LogP contribution in [-0.2, 0) is 0 Å². The fraction of sp³-hybridized carbons (Fsp3) is 0.0303. The van der Waals surface area contributed by atoms with Crippen LogP contribution in [0.15, 0.2) is 146 Å². The van der Waals surface area contributed by atoms with Crippen molar-refractivity contribution in [1.82, 2.24) is 4.34 Å². The molecule has 0 aliphatic heterocycles. The Morgan fingerprint density at radius 1 is 0.472 bits per heavy atom. The normalized spacial score (nSPS) is 11.4. The van der Waals surface area contributed by atoms with Crippen molar-refractivity contribution in [1.29, 1.82) is 0 Å². The van der Waals surface area contributed by atoms with Crippen molar-refractivity contribution in [3.63, 3.8) is 0 Å². The monoisotopic (exact) mass is 499 g/mol. The summed E-state index contributed by atoms with van der Waals surface area (Å²) in [5, 5.41) is 8.21. The summed E-state index contributed by atoms with van der Waals surface area (Å²) in [6, 6.07) is 50.9. The number of fused-ring (bicyclic) bond motifs is 1. The zero-order valence-corrected chi connectivity index (χ0v) is 22.0. The van der Waals surface area contributed by atoms with Crippen molar-refractivity contribution < 1.29 is 0 Å². The number of para-hydroxylation sites is 1. The first-order valence-corrected chi connectivity index (χ1v) is 14.9. The highest BCUT2D eigenvalue weighted by atomic mass is 31.1. The van der Waals surface area contributed by atoms with E-state index in [-0.39, 0.29) is 0 Å². The molecule has 0 unspecified atom stereocenters. The van der Waals surface area contributed by atoms with E-state index in [9.17, 15) is 0 Å². The molecule has 0 spiro atoms. The summed E-state index contributed by atoms with van der Waals surface area (Å²) in [6.07, 6.45) is 2.38. The maximum Gasteiger partial charge on any atom is 0.0607 e. The van der Waals surface area contributed by atoms with Gasteiger partial charge in [-0.3, -0.25) is 0 Å². The minimum Gasteiger partial charge on any atom is -0.317 e. The molecule has 0 radical (unpaired) electrons. The van der Waals surface area contributed by atoms with Gasteiger partial charge in [0.1, 0.15) is 0 Å². The number of nitrogens with zero attached hydrogens (tertiary/aromatic N) is 1. The lowest BCUT2D eigenvalue weighted by Crippen LogP contribution is -2.23. The summed E-state index contributed by atoms with van der Waals surface area (Å²) < 4.78 is 2.58. The second-order valence-electron chi connectivity index (χ2n) is 8.82. The molecule has 36 heavy (non-hydrogen) atoms. The molecule has 0 amide bonds. The summed E-state index contributed by atoms with van der Waals surface area (Å²) in [5.41, 5.74) is 2.68. The predicted molar refractivity (Wildman–Crippen MR) is 160 cm³/mol. The molecule has 0 aliphatic carbocycles. The Labute approximate surface area is 215 Å². The predicted octanol–water partition coefficient (Wildman–Crippen LogP) is 6.60. The molecule has 3 heteroatoms. The molecule has 6 rings (SSSR count). The van der Waals surface area contributed by atoms with Crippen LogP contribution in [-0.4, -0.2) is 4.34 Å². The first-order valence-electron chi connectivity index (χ1n) is 12.2. The third-order valence-corrected chi connectivity index (χ3v) is 11.3. The van der Waals surface area contributed by atoms with E-state index in [0.29, 0.717) is 0 Å². The summed E-state index contributed by atoms with van der Waals surface area (Å²) in [4.78, 5) is 0. The zero-order valence-electron chi connectivity index (χ0n) is 20.2. The fourth-order valence-electron chi connectivity index (χ4n) is 4.86. The van der Waals surface area contributed by atoms with Crippen molar-refractivity contribution in [3.05, 3.63) is 151 Å². The molecule has 0 saturated heterocycles. The zero-order chi connectivity index (χ0) is 24.3. The van der Waals surface area contributed by atoms with E-state index >= 15 is 0 Å². The average Bonchev–Trinajstić information content (AvgIpc) is 3.28. The molecule has 0 aliphatic rings. The van der Waals surface area contributed by atoms with Crippen LogP contribution in [0.1, 0.15) is 5.56 Å². The van der Waals surface area contributed by atoms with Gasteiger partial charge in [0.15, 0.2) is 0 Å². The van der Waals surface area contributed by atoms with Crippen molar-refractivity contribution in [2.45, 2.75) is 6.92 Å². The maximum absolute atomic E-state index is 2.58. The van der Waals surface area contributed by atoms with E-state index in [1.54, 1.807) is 0 Å². The van der Waals surface area contributed by atoms with Crippen LogP contribution in [0.4, 0.5) is 0 Å². The lowest BCUT2D eigenvalue weighted by atomic mass is 10.2. The van der Waals surface area contributed by atoms with Gasteiger partial charge < -0.3 is 4.34 Å². The van der Waals surface area contributed by atoms with Crippen LogP contribution in [0.3, 0.4) is 0 Å². The van der Waals surface area contributed by atoms with Gasteiger partial charge in [-0.1, -0.05) is 140 Å². The topological polar surface area (TPSA) is 4.93 Å². The molecule has 0 bridgehead atoms. The molecule has 174 valence electrons. The Balaban J connectivity index is 1.66. The van der Waals surface area contributed by atoms with Crippen LogP contribution < -0.4 is 26.5 Å². The van der Waals surface area contributed by atoms with Gasteiger partial charge in [-0.2, -0.15) is 0 Å². The molecule has 0 saturated carbocycles. The van der Waals surface area contributed by atoms with E-state index in [2.05, 4.69) is 157 Å². The van der Waals surface area contributed by atoms with Gasteiger partial charge in [0.25, 0.3) is 0 Å². The molecule has 0 fully saturated rings. The SMILES string of the molecule is Cc1cn(P(c2ccccc2)c2ccccc2)c2c(P(c3ccccc3)c3ccccc3)cccc12. The van der Waals surface area contributed by atoms with Crippen molar-refractivity contribution in [3.8, 4) is 0 Å². The average molecular weight is 500 g/mol. The highest BCUT2D eigenvalue weighted by Crippen LogP contribution is 2.43. The summed E-state index contributed by atoms with van der Waals surface area (Å²) in [7, 11) is -1.50. The van der Waals surface area contributed by atoms with Gasteiger partial charge in [0.05, 0.1) is 13.6 Å². The smallest absolute Gasteiger partial charge is 0.0607 e. The largest absolute Gasteiger partial charge is 0.317 e. The quantitative estimate of drug-likeness (QED) is 0.228. The molecule has 0 atom stereocenters. The Morgan fingerprint density at radius 2 is 0.917 bits per heavy atom. The second kappa shape index (κ2) is 10.2. The van der Waals surface area contributed by atoms with Gasteiger partial charge >= 0.3 is 0 Å². The molecule has 1 aromatic heterocycles. The number of aryl methyl sites for hydroxylation is 1. The lowest BCUT2D eigenvalue weighted by Gasteiger charge is -2.25. The van der Waals surface area contributed by atoms with Gasteiger partial charge in [0.2, 0.25) is 0 Å². The molecule has 1 heterocycles. The highest BCUT2D eigenvalue weighted by molar-refractivity contribution is 7.80. The number of aromatic nitrogens is 1. The van der Waals surface area contributed by atoms with Gasteiger partial charge in [-0.25, -0.2) is 0 Å². The van der Waals surface area contributed by atoms with Crippen LogP contribution >= 0.6 is 16.0 Å². The van der Waals surface area contributed by atoms with Crippen molar-refractivity contribution in [2.24, 2.45) is 0 Å². The third kappa shape index (κ3) is 4.31. The number of benzene rings is 5. The summed E-state index contributed by atoms with van der Waals surface area (Å²) in [5.74, 6) is 0. The second-order valence-corrected chi connectivity index (χ2v) is 13.1. The first-order chi connectivity index (χ1) is 17.8. The van der Waals surface area contributed by atoms with Gasteiger partial charge in [-0.05, 0) is 31.0 Å². The molecule has 0 N–H and O–H groups in total. The Bertz CT molecular complexity index is 1500. The fourth-order valence-corrected chi connectivity index (χ4v) is 9.82. The standard InChI is InChI=1S/C33H27NP2/c1-26-25-34(36(29-19-10-4-11-20-29)30-21-12-5-13-22-30)33-31(26)23-14-24-32(33)35(27-15-6-2-7-16-27)28-17-8-3-9-18-28/h2-25H,1H3. The van der Waals surface area contributed by atoms with Crippen molar-refractivity contribution >= 4 is 53.4 Å². The van der Waals surface area contributed by atoms with Crippen LogP contribution in [0.2, 0.25) is 0 Å². The van der Waals surface area contributed by atoms with Crippen LogP contribution in [0, 0.1) is 6.92 Å². The highest BCUT2D eigenvalue weighted by Gasteiger charge is 2.25. The molecule has 6 aromatic rings. The third-order valence-electron chi connectivity index (χ3n) is 6.47. The van der Waals surface area contributed by atoms with Crippen molar-refractivity contribution in [2.75, 3.05) is 0 Å². The lowest BCUT2D eigenvalue weighted by molar-refractivity contribution is 1.31. The minimum absolute atomic E-state index is 0.722. The van der Waals surface area contributed by atoms with Crippen LogP contribution in [0.5, 0.6) is 0 Å². The number of hydrogen-bond donors (Lipinski definition) is 0. The van der Waals surface area contributed by atoms with Crippen LogP contribution in [0.25, 0.3) is 10.9 Å². The Kier molecular flexibility index (Phi) is 6.52. The van der Waals surface area contributed by atoms with E-state index in [4.69, 9.17) is 0 Å². The first kappa shape index (κ1) is 22.9. The number of hydrogen-bond acceptors (Lipinski definition) is 0. The van der Waals surface area contributed by atoms with E-state index < -0.39 is 16.0 Å². The van der Waals surface area contributed by atoms with Gasteiger partial charge in [-0.15, -0.1) is 0 Å². The molecule has 1 nitrogen and oxygen atoms in total. The van der Waals surface area contributed by atoms with E-state index in [1.165, 1.54) is 43.0 Å². The minimum atomic E-state index is -0.777. The van der Waals surface area contributed by atoms with E-state index in [1.807, 2.05) is 0 Å². The maximum atomic E-state index is 2.58. The Morgan fingerprint density at radius 3 is 1.39 bits per heavy atom. The molecular formula is C33H27NP2. The Hall–Kier alpha value is -3.50. The number of rotatable bonds is 6.